The Morgan fingerprint density at radius 3 is 2.95 bits per heavy atom. The number of carboxylic acids is 1. The van der Waals surface area contributed by atoms with Gasteiger partial charge in [-0.05, 0) is 34.7 Å². The van der Waals surface area contributed by atoms with E-state index in [0.29, 0.717) is 23.5 Å². The third-order valence-electron chi connectivity index (χ3n) is 2.64. The molecule has 96 valence electrons. The van der Waals surface area contributed by atoms with Crippen LogP contribution in [0, 0.1) is 11.3 Å². The molecule has 0 fully saturated rings. The van der Waals surface area contributed by atoms with E-state index in [-0.39, 0.29) is 0 Å². The van der Waals surface area contributed by atoms with E-state index in [9.17, 15) is 4.79 Å². The van der Waals surface area contributed by atoms with Crippen molar-refractivity contribution in [2.75, 3.05) is 0 Å². The number of nitrogens with one attached hydrogen (secondary N) is 1. The van der Waals surface area contributed by atoms with Gasteiger partial charge in [0.15, 0.2) is 0 Å². The molecule has 5 heteroatoms. The van der Waals surface area contributed by atoms with E-state index in [1.807, 2.05) is 24.3 Å². The van der Waals surface area contributed by atoms with Crippen LogP contribution in [0.2, 0.25) is 0 Å². The highest BCUT2D eigenvalue weighted by Crippen LogP contribution is 2.16. The van der Waals surface area contributed by atoms with Crippen molar-refractivity contribution in [2.45, 2.75) is 13.1 Å². The Labute approximate surface area is 114 Å². The fourth-order valence-corrected chi connectivity index (χ4v) is 2.52. The van der Waals surface area contributed by atoms with Crippen molar-refractivity contribution >= 4 is 17.3 Å². The van der Waals surface area contributed by atoms with Gasteiger partial charge in [0.1, 0.15) is 4.88 Å². The molecule has 0 saturated carbocycles. The number of aromatic carboxylic acids is 1. The predicted octanol–water partition coefficient (Wildman–Crippen LogP) is 2.61. The number of hydrogen-bond acceptors (Lipinski definition) is 4. The Hall–Kier alpha value is -2.16. The first-order valence-corrected chi connectivity index (χ1v) is 6.58. The number of thiophene rings is 1. The average Bonchev–Trinajstić information content (AvgIpc) is 2.87. The second kappa shape index (κ2) is 6.14. The molecule has 2 rings (SSSR count). The van der Waals surface area contributed by atoms with Crippen molar-refractivity contribution < 1.29 is 9.90 Å². The molecule has 2 aromatic rings. The molecular formula is C14H12N2O2S. The summed E-state index contributed by atoms with van der Waals surface area (Å²) in [5.41, 5.74) is 2.42. The minimum absolute atomic E-state index is 0.373. The van der Waals surface area contributed by atoms with E-state index in [4.69, 9.17) is 10.4 Å². The molecule has 19 heavy (non-hydrogen) atoms. The second-order valence-electron chi connectivity index (χ2n) is 4.00. The van der Waals surface area contributed by atoms with Crippen molar-refractivity contribution in [3.05, 3.63) is 57.3 Å². The highest BCUT2D eigenvalue weighted by atomic mass is 32.1. The van der Waals surface area contributed by atoms with Gasteiger partial charge < -0.3 is 10.4 Å². The maximum absolute atomic E-state index is 10.9. The van der Waals surface area contributed by atoms with Crippen LogP contribution in [0.5, 0.6) is 0 Å². The highest BCUT2D eigenvalue weighted by molar-refractivity contribution is 7.12. The van der Waals surface area contributed by atoms with Gasteiger partial charge in [-0.25, -0.2) is 4.79 Å². The standard InChI is InChI=1S/C14H12N2O2S/c15-7-10-2-1-3-11(6-10)8-16-9-12-4-5-19-13(12)14(17)18/h1-6,16H,8-9H2,(H,17,18). The summed E-state index contributed by atoms with van der Waals surface area (Å²) in [5, 5.41) is 22.7. The number of nitrogens with zero attached hydrogens (tertiary/aromatic N) is 1. The monoisotopic (exact) mass is 272 g/mol. The number of benzene rings is 1. The van der Waals surface area contributed by atoms with Crippen molar-refractivity contribution in [3.63, 3.8) is 0 Å². The van der Waals surface area contributed by atoms with Gasteiger partial charge in [-0.1, -0.05) is 12.1 Å². The first-order valence-electron chi connectivity index (χ1n) is 5.70. The topological polar surface area (TPSA) is 73.1 Å². The molecular weight excluding hydrogens is 260 g/mol. The van der Waals surface area contributed by atoms with Crippen LogP contribution in [0.1, 0.15) is 26.4 Å². The minimum atomic E-state index is -0.890. The van der Waals surface area contributed by atoms with E-state index in [0.717, 1.165) is 11.1 Å². The summed E-state index contributed by atoms with van der Waals surface area (Å²) in [6.07, 6.45) is 0. The van der Waals surface area contributed by atoms with Crippen LogP contribution in [-0.4, -0.2) is 11.1 Å². The fraction of sp³-hybridized carbons (Fsp3) is 0.143. The molecule has 1 heterocycles. The highest BCUT2D eigenvalue weighted by Gasteiger charge is 2.10. The van der Waals surface area contributed by atoms with Crippen LogP contribution in [-0.2, 0) is 13.1 Å². The third-order valence-corrected chi connectivity index (χ3v) is 3.59. The number of hydrogen-bond donors (Lipinski definition) is 2. The average molecular weight is 272 g/mol. The fourth-order valence-electron chi connectivity index (χ4n) is 1.75. The Bertz CT molecular complexity index is 628. The van der Waals surface area contributed by atoms with E-state index < -0.39 is 5.97 Å². The molecule has 0 aliphatic carbocycles. The van der Waals surface area contributed by atoms with E-state index in [1.165, 1.54) is 11.3 Å². The lowest BCUT2D eigenvalue weighted by Crippen LogP contribution is -2.14. The molecule has 1 aromatic carbocycles. The van der Waals surface area contributed by atoms with Crippen molar-refractivity contribution in [1.82, 2.24) is 5.32 Å². The first-order chi connectivity index (χ1) is 9.20. The van der Waals surface area contributed by atoms with Crippen LogP contribution >= 0.6 is 11.3 Å². The van der Waals surface area contributed by atoms with Gasteiger partial charge in [0.05, 0.1) is 11.6 Å². The van der Waals surface area contributed by atoms with Crippen LogP contribution in [0.3, 0.4) is 0 Å². The molecule has 2 N–H and O–H groups in total. The maximum Gasteiger partial charge on any atom is 0.346 e. The lowest BCUT2D eigenvalue weighted by Gasteiger charge is -2.05. The van der Waals surface area contributed by atoms with E-state index in [1.54, 1.807) is 11.4 Å². The molecule has 0 amide bonds. The van der Waals surface area contributed by atoms with Gasteiger partial charge in [0, 0.05) is 13.1 Å². The lowest BCUT2D eigenvalue weighted by molar-refractivity contribution is 0.0701. The summed E-state index contributed by atoms with van der Waals surface area (Å²) in [4.78, 5) is 11.3. The molecule has 0 spiro atoms. The minimum Gasteiger partial charge on any atom is -0.477 e. The van der Waals surface area contributed by atoms with Gasteiger partial charge in [0.25, 0.3) is 0 Å². The Kier molecular flexibility index (Phi) is 4.29. The summed E-state index contributed by atoms with van der Waals surface area (Å²) in [5.74, 6) is -0.890. The summed E-state index contributed by atoms with van der Waals surface area (Å²) in [7, 11) is 0. The number of rotatable bonds is 5. The molecule has 0 unspecified atom stereocenters. The summed E-state index contributed by atoms with van der Waals surface area (Å²) < 4.78 is 0. The zero-order valence-corrected chi connectivity index (χ0v) is 10.9. The summed E-state index contributed by atoms with van der Waals surface area (Å²) in [6, 6.07) is 11.2. The number of carboxylic acid groups (broad SMARTS) is 1. The van der Waals surface area contributed by atoms with Gasteiger partial charge in [-0.15, -0.1) is 11.3 Å². The Morgan fingerprint density at radius 2 is 2.21 bits per heavy atom. The number of carbonyl (C=O) groups is 1. The molecule has 0 saturated heterocycles. The molecule has 4 nitrogen and oxygen atoms in total. The predicted molar refractivity (Wildman–Crippen MR) is 73.0 cm³/mol. The van der Waals surface area contributed by atoms with Gasteiger partial charge >= 0.3 is 5.97 Å². The number of nitriles is 1. The van der Waals surface area contributed by atoms with Crippen molar-refractivity contribution in [2.24, 2.45) is 0 Å². The smallest absolute Gasteiger partial charge is 0.346 e. The molecule has 0 aliphatic rings. The lowest BCUT2D eigenvalue weighted by atomic mass is 10.1. The molecule has 0 radical (unpaired) electrons. The van der Waals surface area contributed by atoms with Crippen LogP contribution in [0.25, 0.3) is 0 Å². The molecule has 0 aliphatic heterocycles. The van der Waals surface area contributed by atoms with Gasteiger partial charge in [-0.2, -0.15) is 5.26 Å². The summed E-state index contributed by atoms with van der Waals surface area (Å²) in [6.45, 7) is 1.10. The normalized spacial score (nSPS) is 10.1. The van der Waals surface area contributed by atoms with Crippen molar-refractivity contribution in [3.8, 4) is 6.07 Å². The quantitative estimate of drug-likeness (QED) is 0.877. The van der Waals surface area contributed by atoms with Crippen LogP contribution in [0.15, 0.2) is 35.7 Å². The zero-order valence-electron chi connectivity index (χ0n) is 10.1. The maximum atomic E-state index is 10.9. The van der Waals surface area contributed by atoms with E-state index in [2.05, 4.69) is 11.4 Å². The van der Waals surface area contributed by atoms with Crippen molar-refractivity contribution in [1.29, 1.82) is 5.26 Å². The Balaban J connectivity index is 1.95. The van der Waals surface area contributed by atoms with Crippen LogP contribution in [0.4, 0.5) is 0 Å². The first kappa shape index (κ1) is 13.3. The SMILES string of the molecule is N#Cc1cccc(CNCc2ccsc2C(=O)O)c1. The van der Waals surface area contributed by atoms with Crippen LogP contribution < -0.4 is 5.32 Å². The van der Waals surface area contributed by atoms with E-state index >= 15 is 0 Å². The Morgan fingerprint density at radius 1 is 1.37 bits per heavy atom. The molecule has 1 aromatic heterocycles. The second-order valence-corrected chi connectivity index (χ2v) is 4.91. The van der Waals surface area contributed by atoms with Gasteiger partial charge in [-0.3, -0.25) is 0 Å². The zero-order chi connectivity index (χ0) is 13.7. The largest absolute Gasteiger partial charge is 0.477 e. The summed E-state index contributed by atoms with van der Waals surface area (Å²) >= 11 is 1.23. The van der Waals surface area contributed by atoms with Gasteiger partial charge in [0.2, 0.25) is 0 Å². The molecule has 0 atom stereocenters. The third kappa shape index (κ3) is 3.41. The molecule has 0 bridgehead atoms.